The highest BCUT2D eigenvalue weighted by atomic mass is 35.5. The van der Waals surface area contributed by atoms with Gasteiger partial charge in [-0.3, -0.25) is 14.5 Å². The zero-order valence-corrected chi connectivity index (χ0v) is 24.8. The van der Waals surface area contributed by atoms with Gasteiger partial charge < -0.3 is 21.5 Å². The van der Waals surface area contributed by atoms with E-state index < -0.39 is 23.3 Å². The molecule has 15 heteroatoms. The molecule has 2 amide bonds. The van der Waals surface area contributed by atoms with E-state index >= 15 is 0 Å². The first kappa shape index (κ1) is 29.4. The monoisotopic (exact) mass is 627 g/mol. The Kier molecular flexibility index (Phi) is 9.60. The van der Waals surface area contributed by atoms with E-state index in [1.807, 2.05) is 17.0 Å². The number of nitrogen functional groups attached to an aromatic ring is 1. The first-order chi connectivity index (χ1) is 18.6. The minimum atomic E-state index is -1.19. The molecule has 0 bridgehead atoms. The number of allylic oxidation sites excluding steroid dienone is 1. The molecular weight excluding hydrogens is 603 g/mol. The second kappa shape index (κ2) is 12.7. The molecule has 3 heterocycles. The van der Waals surface area contributed by atoms with Gasteiger partial charge in [0.15, 0.2) is 0 Å². The van der Waals surface area contributed by atoms with E-state index in [1.165, 1.54) is 40.4 Å². The molecule has 1 unspecified atom stereocenters. The first-order valence-corrected chi connectivity index (χ1v) is 15.3. The summed E-state index contributed by atoms with van der Waals surface area (Å²) in [6.07, 6.45) is 3.57. The van der Waals surface area contributed by atoms with Crippen LogP contribution < -0.4 is 20.3 Å². The highest BCUT2D eigenvalue weighted by Crippen LogP contribution is 2.41. The number of aliphatic carboxylic acids is 1. The number of hydrogen-bond acceptors (Lipinski definition) is 9. The molecular formula is C24H25Cl2N6O4S3+. The summed E-state index contributed by atoms with van der Waals surface area (Å²) in [6, 6.07) is 5.89. The number of anilines is 2. The third kappa shape index (κ3) is 6.60. The summed E-state index contributed by atoms with van der Waals surface area (Å²) in [7, 11) is 1.79. The molecule has 2 aliphatic rings. The molecule has 0 spiro atoms. The molecule has 2 aromatic rings. The Morgan fingerprint density at radius 2 is 2.13 bits per heavy atom. The van der Waals surface area contributed by atoms with Crippen LogP contribution in [0.15, 0.2) is 52.6 Å². The molecule has 0 saturated carbocycles. The van der Waals surface area contributed by atoms with Crippen LogP contribution >= 0.6 is 58.7 Å². The van der Waals surface area contributed by atoms with Crippen LogP contribution in [0.4, 0.5) is 11.6 Å². The minimum Gasteiger partial charge on any atom is -0.477 e. The molecule has 4 rings (SSSR count). The molecule has 0 radical (unpaired) electrons. The van der Waals surface area contributed by atoms with Gasteiger partial charge in [0, 0.05) is 47.3 Å². The Morgan fingerprint density at radius 3 is 2.85 bits per heavy atom. The van der Waals surface area contributed by atoms with E-state index in [1.54, 1.807) is 37.4 Å². The zero-order valence-electron chi connectivity index (χ0n) is 20.8. The van der Waals surface area contributed by atoms with Gasteiger partial charge in [0.1, 0.15) is 17.1 Å². The zero-order chi connectivity index (χ0) is 28.3. The van der Waals surface area contributed by atoms with Crippen LogP contribution in [-0.4, -0.2) is 68.5 Å². The number of carboxylic acids is 1. The number of aromatic nitrogens is 2. The number of halogens is 2. The molecule has 1 saturated heterocycles. The van der Waals surface area contributed by atoms with Crippen molar-refractivity contribution in [2.24, 2.45) is 0 Å². The van der Waals surface area contributed by atoms with E-state index in [0.29, 0.717) is 43.7 Å². The average molecular weight is 629 g/mol. The molecule has 2 atom stereocenters. The number of nitrogens with zero attached hydrogens (tertiary/aromatic N) is 3. The van der Waals surface area contributed by atoms with Crippen molar-refractivity contribution in [3.8, 4) is 0 Å². The van der Waals surface area contributed by atoms with Crippen molar-refractivity contribution < 1.29 is 23.5 Å². The fourth-order valence-corrected chi connectivity index (χ4v) is 7.46. The second-order valence-corrected chi connectivity index (χ2v) is 12.3. The Hall–Kier alpha value is -2.58. The number of benzene rings is 1. The number of β-lactam (4-membered cyclic amide) rings is 1. The van der Waals surface area contributed by atoms with Crippen LogP contribution in [0.25, 0.3) is 0 Å². The largest absolute Gasteiger partial charge is 0.477 e. The van der Waals surface area contributed by atoms with Crippen molar-refractivity contribution in [3.05, 3.63) is 63.6 Å². The number of carboxylic acid groups (broad SMARTS) is 1. The van der Waals surface area contributed by atoms with Gasteiger partial charge in [-0.1, -0.05) is 40.3 Å². The summed E-state index contributed by atoms with van der Waals surface area (Å²) in [4.78, 5) is 43.7. The lowest BCUT2D eigenvalue weighted by molar-refractivity contribution is -0.490. The number of rotatable bonds is 10. The van der Waals surface area contributed by atoms with Crippen molar-refractivity contribution in [1.29, 1.82) is 0 Å². The number of nitrogens with one attached hydrogen (secondary N) is 2. The number of aryl methyl sites for hydroxylation is 1. The Bertz CT molecular complexity index is 1390. The summed E-state index contributed by atoms with van der Waals surface area (Å²) in [5.41, 5.74) is 6.27. The fraction of sp³-hybridized carbons (Fsp3) is 0.292. The summed E-state index contributed by atoms with van der Waals surface area (Å²) >= 11 is 16.2. The van der Waals surface area contributed by atoms with Crippen molar-refractivity contribution >= 4 is 88.1 Å². The SMILES string of the molecule is CNc1cc(N)nc(C)[n+]1SC/C=C/C1=C(C(=O)O)N2C(=O)[C@@H](NC(=O)CSc3cc(Cl)ccc3Cl)C2SC1. The molecule has 5 N–H and O–H groups in total. The third-order valence-corrected chi connectivity index (χ3v) is 9.83. The van der Waals surface area contributed by atoms with Crippen LogP contribution in [-0.2, 0) is 14.4 Å². The number of carbonyl (C=O) groups excluding carboxylic acids is 2. The highest BCUT2D eigenvalue weighted by molar-refractivity contribution is 8.00. The number of nitrogens with two attached hydrogens (primary N) is 1. The quantitative estimate of drug-likeness (QED) is 0.176. The van der Waals surface area contributed by atoms with Crippen LogP contribution in [0.3, 0.4) is 0 Å². The minimum absolute atomic E-state index is 0.0325. The van der Waals surface area contributed by atoms with Gasteiger partial charge >= 0.3 is 5.97 Å². The maximum atomic E-state index is 12.9. The van der Waals surface area contributed by atoms with E-state index in [2.05, 4.69) is 15.6 Å². The molecule has 0 aliphatic carbocycles. The Balaban J connectivity index is 1.38. The molecule has 206 valence electrons. The first-order valence-electron chi connectivity index (χ1n) is 11.6. The van der Waals surface area contributed by atoms with Gasteiger partial charge in [-0.25, -0.2) is 4.79 Å². The van der Waals surface area contributed by atoms with Crippen LogP contribution in [0.2, 0.25) is 10.0 Å². The van der Waals surface area contributed by atoms with Gasteiger partial charge in [-0.15, -0.1) is 23.5 Å². The van der Waals surface area contributed by atoms with E-state index in [-0.39, 0.29) is 17.4 Å². The van der Waals surface area contributed by atoms with Crippen molar-refractivity contribution in [3.63, 3.8) is 0 Å². The Labute approximate surface area is 247 Å². The number of thioether (sulfide) groups is 2. The number of hydrogen-bond donors (Lipinski definition) is 4. The number of carbonyl (C=O) groups is 3. The predicted octanol–water partition coefficient (Wildman–Crippen LogP) is 3.19. The molecule has 39 heavy (non-hydrogen) atoms. The van der Waals surface area contributed by atoms with Gasteiger partial charge in [0.2, 0.25) is 23.4 Å². The van der Waals surface area contributed by atoms with E-state index in [9.17, 15) is 19.5 Å². The van der Waals surface area contributed by atoms with Crippen LogP contribution in [0.5, 0.6) is 0 Å². The predicted molar refractivity (Wildman–Crippen MR) is 157 cm³/mol. The number of fused-ring (bicyclic) bond motifs is 1. The molecule has 10 nitrogen and oxygen atoms in total. The van der Waals surface area contributed by atoms with Gasteiger partial charge in [0.25, 0.3) is 5.91 Å². The second-order valence-electron chi connectivity index (χ2n) is 8.35. The average Bonchev–Trinajstić information content (AvgIpc) is 2.90. The van der Waals surface area contributed by atoms with E-state index in [4.69, 9.17) is 28.9 Å². The lowest BCUT2D eigenvalue weighted by Gasteiger charge is -2.49. The lowest BCUT2D eigenvalue weighted by atomic mass is 10.0. The van der Waals surface area contributed by atoms with Crippen molar-refractivity contribution in [2.45, 2.75) is 23.2 Å². The lowest BCUT2D eigenvalue weighted by Crippen LogP contribution is -2.70. The molecule has 1 aromatic carbocycles. The summed E-state index contributed by atoms with van der Waals surface area (Å²) in [5, 5.41) is 16.2. The summed E-state index contributed by atoms with van der Waals surface area (Å²) in [6.45, 7) is 1.84. The standard InChI is InChI=1S/C24H24Cl2N6O4S3/c1-12-29-17(27)9-18(28-2)32(12)39-7-3-4-13-10-38-23-20(22(34)31(23)21(13)24(35)36)30-19(33)11-37-16-8-14(25)5-6-15(16)26/h3-6,8-9,20,23H,7,10-11H2,1-2H3,(H4,27,28,30,33,35,36)/p+1/b4-3+/t20-,23?/m1/s1. The van der Waals surface area contributed by atoms with Crippen LogP contribution in [0, 0.1) is 6.92 Å². The number of amides is 2. The molecule has 2 aliphatic heterocycles. The Morgan fingerprint density at radius 1 is 1.36 bits per heavy atom. The maximum Gasteiger partial charge on any atom is 0.352 e. The fourth-order valence-electron chi connectivity index (χ4n) is 4.00. The maximum absolute atomic E-state index is 12.9. The van der Waals surface area contributed by atoms with Crippen molar-refractivity contribution in [1.82, 2.24) is 15.2 Å². The van der Waals surface area contributed by atoms with Gasteiger partial charge in [-0.05, 0) is 23.8 Å². The van der Waals surface area contributed by atoms with Gasteiger partial charge in [-0.2, -0.15) is 3.97 Å². The van der Waals surface area contributed by atoms with Gasteiger partial charge in [0.05, 0.1) is 16.8 Å². The molecule has 1 fully saturated rings. The smallest absolute Gasteiger partial charge is 0.352 e. The highest BCUT2D eigenvalue weighted by Gasteiger charge is 2.53. The normalized spacial score (nSPS) is 18.7. The summed E-state index contributed by atoms with van der Waals surface area (Å²) in [5.74, 6) is 0.844. The molecule has 1 aromatic heterocycles. The third-order valence-electron chi connectivity index (χ3n) is 5.73. The van der Waals surface area contributed by atoms with Crippen LogP contribution in [0.1, 0.15) is 5.82 Å². The van der Waals surface area contributed by atoms with E-state index in [0.717, 1.165) is 5.82 Å². The summed E-state index contributed by atoms with van der Waals surface area (Å²) < 4.78 is 1.89. The van der Waals surface area contributed by atoms with Crippen molar-refractivity contribution in [2.75, 3.05) is 35.4 Å². The topological polar surface area (TPSA) is 142 Å².